The van der Waals surface area contributed by atoms with Gasteiger partial charge >= 0.3 is 10.1 Å². The Bertz CT molecular complexity index is 467. The Morgan fingerprint density at radius 3 is 2.67 bits per heavy atom. The number of aliphatic hydroxyl groups excluding tert-OH is 1. The van der Waals surface area contributed by atoms with Crippen LogP contribution < -0.4 is 4.74 Å². The third-order valence-electron chi connectivity index (χ3n) is 2.28. The lowest BCUT2D eigenvalue weighted by Crippen LogP contribution is -2.32. The lowest BCUT2D eigenvalue weighted by molar-refractivity contribution is 0.0949. The van der Waals surface area contributed by atoms with Crippen LogP contribution in [0.4, 0.5) is 0 Å². The molecule has 15 heavy (non-hydrogen) atoms. The fourth-order valence-corrected chi connectivity index (χ4v) is 2.20. The first-order valence-corrected chi connectivity index (χ1v) is 5.89. The van der Waals surface area contributed by atoms with Crippen LogP contribution in [0.5, 0.6) is 5.75 Å². The largest absolute Gasteiger partial charge is 0.472 e. The van der Waals surface area contributed by atoms with Gasteiger partial charge in [0.15, 0.2) is 0 Å². The predicted octanol–water partition coefficient (Wildman–Crippen LogP) is 0.716. The quantitative estimate of drug-likeness (QED) is 0.694. The summed E-state index contributed by atoms with van der Waals surface area (Å²) in [6.07, 6.45) is -1.09. The molecule has 0 fully saturated rings. The molecular weight excluding hydrogens is 220 g/mol. The summed E-state index contributed by atoms with van der Waals surface area (Å²) in [7, 11) is -4.28. The van der Waals surface area contributed by atoms with Gasteiger partial charge < -0.3 is 9.84 Å². The number of para-hydroxylation sites is 1. The monoisotopic (exact) mass is 230 g/mol. The van der Waals surface area contributed by atoms with Crippen molar-refractivity contribution in [3.05, 3.63) is 29.8 Å². The van der Waals surface area contributed by atoms with E-state index in [0.717, 1.165) is 0 Å². The number of hydrogen-bond acceptors (Lipinski definition) is 4. The Hall–Kier alpha value is -1.11. The van der Waals surface area contributed by atoms with Gasteiger partial charge in [-0.05, 0) is 6.07 Å². The lowest BCUT2D eigenvalue weighted by Gasteiger charge is -2.27. The number of ether oxygens (including phenoxy) is 1. The van der Waals surface area contributed by atoms with E-state index in [9.17, 15) is 13.5 Å². The van der Waals surface area contributed by atoms with Gasteiger partial charge in [0.05, 0.1) is 6.10 Å². The second-order valence-electron chi connectivity index (χ2n) is 3.35. The van der Waals surface area contributed by atoms with Crippen LogP contribution in [0.25, 0.3) is 0 Å². The van der Waals surface area contributed by atoms with E-state index in [4.69, 9.17) is 9.29 Å². The summed E-state index contributed by atoms with van der Waals surface area (Å²) in [5, 5.41) is 9.64. The summed E-state index contributed by atoms with van der Waals surface area (Å²) in [4.78, 5) is 0. The molecule has 5 nitrogen and oxygen atoms in total. The fourth-order valence-electron chi connectivity index (χ4n) is 1.54. The van der Waals surface area contributed by atoms with Gasteiger partial charge in [0.25, 0.3) is 0 Å². The molecule has 1 aromatic carbocycles. The topological polar surface area (TPSA) is 83.8 Å². The maximum atomic E-state index is 10.9. The van der Waals surface area contributed by atoms with E-state index in [0.29, 0.717) is 11.3 Å². The standard InChI is InChI=1S/C9H10O5S/c10-7-5-9(15(11,12)13)14-8-4-2-1-3-6(7)8/h1-4,7,9-10H,5H2,(H,11,12,13). The van der Waals surface area contributed by atoms with E-state index in [-0.39, 0.29) is 6.42 Å². The summed E-state index contributed by atoms with van der Waals surface area (Å²) < 4.78 is 35.6. The zero-order valence-electron chi connectivity index (χ0n) is 7.70. The number of fused-ring (bicyclic) bond motifs is 1. The highest BCUT2D eigenvalue weighted by atomic mass is 32.2. The first kappa shape index (κ1) is 10.4. The first-order chi connectivity index (χ1) is 6.98. The summed E-state index contributed by atoms with van der Waals surface area (Å²) in [6.45, 7) is 0. The minimum absolute atomic E-state index is 0.157. The van der Waals surface area contributed by atoms with Gasteiger partial charge in [-0.25, -0.2) is 0 Å². The van der Waals surface area contributed by atoms with Gasteiger partial charge in [-0.15, -0.1) is 0 Å². The maximum absolute atomic E-state index is 10.9. The molecule has 82 valence electrons. The summed E-state index contributed by atoms with van der Waals surface area (Å²) in [5.74, 6) is 0.291. The Morgan fingerprint density at radius 2 is 2.00 bits per heavy atom. The van der Waals surface area contributed by atoms with Crippen molar-refractivity contribution < 1.29 is 22.8 Å². The molecule has 0 bridgehead atoms. The molecule has 0 aromatic heterocycles. The molecule has 0 amide bonds. The highest BCUT2D eigenvalue weighted by Gasteiger charge is 2.34. The van der Waals surface area contributed by atoms with Gasteiger partial charge in [0, 0.05) is 12.0 Å². The zero-order valence-corrected chi connectivity index (χ0v) is 8.52. The second kappa shape index (κ2) is 3.48. The molecule has 2 atom stereocenters. The van der Waals surface area contributed by atoms with Crippen molar-refractivity contribution in [2.24, 2.45) is 0 Å². The van der Waals surface area contributed by atoms with Crippen LogP contribution in [-0.4, -0.2) is 23.5 Å². The van der Waals surface area contributed by atoms with Crippen LogP contribution in [0, 0.1) is 0 Å². The summed E-state index contributed by atoms with van der Waals surface area (Å²) in [5.41, 5.74) is -0.847. The van der Waals surface area contributed by atoms with Gasteiger partial charge in [-0.1, -0.05) is 18.2 Å². The molecule has 0 aliphatic carbocycles. The van der Waals surface area contributed by atoms with E-state index in [1.165, 1.54) is 0 Å². The predicted molar refractivity (Wildman–Crippen MR) is 52.0 cm³/mol. The van der Waals surface area contributed by atoms with Crippen molar-refractivity contribution >= 4 is 10.1 Å². The van der Waals surface area contributed by atoms with Gasteiger partial charge in [0.1, 0.15) is 5.75 Å². The fraction of sp³-hybridized carbons (Fsp3) is 0.333. The Morgan fingerprint density at radius 1 is 1.33 bits per heavy atom. The minimum atomic E-state index is -4.28. The van der Waals surface area contributed by atoms with Crippen molar-refractivity contribution in [2.45, 2.75) is 18.0 Å². The van der Waals surface area contributed by atoms with Crippen molar-refractivity contribution in [3.63, 3.8) is 0 Å². The molecule has 0 radical (unpaired) electrons. The molecule has 1 aliphatic heterocycles. The van der Waals surface area contributed by atoms with Crippen LogP contribution in [0.15, 0.2) is 24.3 Å². The average Bonchev–Trinajstić information content (AvgIpc) is 2.16. The first-order valence-electron chi connectivity index (χ1n) is 4.38. The van der Waals surface area contributed by atoms with Crippen LogP contribution in [-0.2, 0) is 10.1 Å². The van der Waals surface area contributed by atoms with E-state index < -0.39 is 21.7 Å². The molecule has 0 saturated carbocycles. The second-order valence-corrected chi connectivity index (χ2v) is 4.91. The van der Waals surface area contributed by atoms with E-state index in [1.807, 2.05) is 0 Å². The third kappa shape index (κ3) is 1.97. The average molecular weight is 230 g/mol. The minimum Gasteiger partial charge on any atom is -0.472 e. The number of hydrogen-bond donors (Lipinski definition) is 2. The number of rotatable bonds is 1. The molecule has 0 spiro atoms. The number of benzene rings is 1. The van der Waals surface area contributed by atoms with Crippen molar-refractivity contribution in [3.8, 4) is 5.75 Å². The summed E-state index contributed by atoms with van der Waals surface area (Å²) >= 11 is 0. The van der Waals surface area contributed by atoms with Crippen LogP contribution in [0.2, 0.25) is 0 Å². The molecule has 2 rings (SSSR count). The normalized spacial score (nSPS) is 25.5. The Kier molecular flexibility index (Phi) is 2.41. The molecule has 6 heteroatoms. The van der Waals surface area contributed by atoms with E-state index >= 15 is 0 Å². The SMILES string of the molecule is O=S(=O)(O)C1CC(O)c2ccccc2O1. The Labute approximate surface area is 87.1 Å². The third-order valence-corrected chi connectivity index (χ3v) is 3.24. The van der Waals surface area contributed by atoms with Crippen molar-refractivity contribution in [1.82, 2.24) is 0 Å². The van der Waals surface area contributed by atoms with Gasteiger partial charge in [-0.3, -0.25) is 4.55 Å². The van der Waals surface area contributed by atoms with Gasteiger partial charge in [0.2, 0.25) is 5.44 Å². The van der Waals surface area contributed by atoms with Crippen LogP contribution >= 0.6 is 0 Å². The van der Waals surface area contributed by atoms with Crippen molar-refractivity contribution in [2.75, 3.05) is 0 Å². The smallest absolute Gasteiger partial charge is 0.303 e. The Balaban J connectivity index is 2.39. The molecule has 2 N–H and O–H groups in total. The van der Waals surface area contributed by atoms with Gasteiger partial charge in [-0.2, -0.15) is 8.42 Å². The van der Waals surface area contributed by atoms with Crippen molar-refractivity contribution in [1.29, 1.82) is 0 Å². The zero-order chi connectivity index (χ0) is 11.1. The van der Waals surface area contributed by atoms with Crippen LogP contribution in [0.1, 0.15) is 18.1 Å². The lowest BCUT2D eigenvalue weighted by atomic mass is 10.0. The maximum Gasteiger partial charge on any atom is 0.303 e. The molecule has 1 heterocycles. The molecular formula is C9H10O5S. The highest BCUT2D eigenvalue weighted by Crippen LogP contribution is 2.35. The van der Waals surface area contributed by atoms with Crippen LogP contribution in [0.3, 0.4) is 0 Å². The number of aliphatic hydroxyl groups is 1. The molecule has 1 aliphatic rings. The van der Waals surface area contributed by atoms with E-state index in [1.54, 1.807) is 24.3 Å². The van der Waals surface area contributed by atoms with E-state index in [2.05, 4.69) is 0 Å². The molecule has 0 saturated heterocycles. The summed E-state index contributed by atoms with van der Waals surface area (Å²) in [6, 6.07) is 6.59. The molecule has 1 aromatic rings. The molecule has 2 unspecified atom stereocenters. The highest BCUT2D eigenvalue weighted by molar-refractivity contribution is 7.86.